The van der Waals surface area contributed by atoms with E-state index in [1.807, 2.05) is 35.2 Å². The third-order valence-corrected chi connectivity index (χ3v) is 2.82. The predicted molar refractivity (Wildman–Crippen MR) is 76.4 cm³/mol. The van der Waals surface area contributed by atoms with Gasteiger partial charge in [0.1, 0.15) is 5.82 Å². The summed E-state index contributed by atoms with van der Waals surface area (Å²) in [6.07, 6.45) is 1.92. The molecule has 0 aliphatic heterocycles. The van der Waals surface area contributed by atoms with Crippen LogP contribution >= 0.6 is 0 Å². The van der Waals surface area contributed by atoms with Crippen molar-refractivity contribution in [1.29, 1.82) is 5.26 Å². The third-order valence-electron chi connectivity index (χ3n) is 2.82. The number of hydrogen-bond donors (Lipinski definition) is 1. The van der Waals surface area contributed by atoms with E-state index < -0.39 is 5.91 Å². The van der Waals surface area contributed by atoms with Gasteiger partial charge in [-0.05, 0) is 24.3 Å². The lowest BCUT2D eigenvalue weighted by atomic mass is 10.2. The zero-order valence-corrected chi connectivity index (χ0v) is 10.9. The van der Waals surface area contributed by atoms with Gasteiger partial charge in [0, 0.05) is 18.4 Å². The Bertz CT molecular complexity index is 634. The Labute approximate surface area is 117 Å². The Balaban J connectivity index is 2.47. The summed E-state index contributed by atoms with van der Waals surface area (Å²) >= 11 is 0. The number of primary amides is 1. The molecule has 0 saturated heterocycles. The number of nitrogens with two attached hydrogens (primary N) is 1. The topological polar surface area (TPSA) is 83.0 Å². The lowest BCUT2D eigenvalue weighted by molar-refractivity contribution is 0.100. The fraction of sp³-hybridized carbons (Fsp3) is 0.133. The van der Waals surface area contributed by atoms with Gasteiger partial charge in [0.2, 0.25) is 0 Å². The molecule has 1 aromatic carbocycles. The number of carbonyl (C=O) groups excluding carboxylic acids is 1. The molecule has 2 aromatic rings. The van der Waals surface area contributed by atoms with Crippen LogP contribution in [0.3, 0.4) is 0 Å². The van der Waals surface area contributed by atoms with Crippen LogP contribution in [0.15, 0.2) is 48.7 Å². The molecular formula is C15H14N4O. The predicted octanol–water partition coefficient (Wildman–Crippen LogP) is 2.23. The summed E-state index contributed by atoms with van der Waals surface area (Å²) in [4.78, 5) is 17.6. The first kappa shape index (κ1) is 13.6. The first-order valence-corrected chi connectivity index (χ1v) is 6.18. The second kappa shape index (κ2) is 6.34. The maximum absolute atomic E-state index is 11.5. The zero-order valence-electron chi connectivity index (χ0n) is 10.9. The van der Waals surface area contributed by atoms with Gasteiger partial charge in [-0.15, -0.1) is 0 Å². The number of nitriles is 1. The van der Waals surface area contributed by atoms with Crippen molar-refractivity contribution in [2.75, 3.05) is 11.4 Å². The summed E-state index contributed by atoms with van der Waals surface area (Å²) in [6, 6.07) is 14.9. The molecule has 20 heavy (non-hydrogen) atoms. The van der Waals surface area contributed by atoms with E-state index in [1.54, 1.807) is 18.3 Å². The number of para-hydroxylation sites is 1. The zero-order chi connectivity index (χ0) is 14.4. The molecule has 0 saturated carbocycles. The molecule has 1 amide bonds. The Kier molecular flexibility index (Phi) is 4.30. The van der Waals surface area contributed by atoms with Gasteiger partial charge in [0.05, 0.1) is 18.1 Å². The minimum atomic E-state index is -0.536. The van der Waals surface area contributed by atoms with E-state index in [-0.39, 0.29) is 0 Å². The molecule has 100 valence electrons. The number of nitrogens with zero attached hydrogens (tertiary/aromatic N) is 3. The highest BCUT2D eigenvalue weighted by molar-refractivity contribution is 5.98. The number of hydrogen-bond acceptors (Lipinski definition) is 4. The number of amides is 1. The minimum absolute atomic E-state index is 0.323. The Morgan fingerprint density at radius 1 is 1.25 bits per heavy atom. The minimum Gasteiger partial charge on any atom is -0.365 e. The lowest BCUT2D eigenvalue weighted by Crippen LogP contribution is -2.24. The summed E-state index contributed by atoms with van der Waals surface area (Å²) in [5, 5.41) is 8.80. The molecule has 1 heterocycles. The van der Waals surface area contributed by atoms with Crippen molar-refractivity contribution in [2.24, 2.45) is 5.73 Å². The van der Waals surface area contributed by atoms with Crippen LogP contribution in [-0.4, -0.2) is 17.4 Å². The smallest absolute Gasteiger partial charge is 0.252 e. The van der Waals surface area contributed by atoms with Gasteiger partial charge < -0.3 is 10.6 Å². The maximum Gasteiger partial charge on any atom is 0.252 e. The van der Waals surface area contributed by atoms with Crippen molar-refractivity contribution in [3.63, 3.8) is 0 Å². The highest BCUT2D eigenvalue weighted by Crippen LogP contribution is 2.26. The fourth-order valence-electron chi connectivity index (χ4n) is 1.93. The van der Waals surface area contributed by atoms with E-state index >= 15 is 0 Å². The maximum atomic E-state index is 11.5. The SMILES string of the molecule is N#CCCN(c1ccccc1)c1ncccc1C(N)=O. The van der Waals surface area contributed by atoms with Gasteiger partial charge >= 0.3 is 0 Å². The molecule has 2 N–H and O–H groups in total. The van der Waals surface area contributed by atoms with Crippen LogP contribution in [-0.2, 0) is 0 Å². The quantitative estimate of drug-likeness (QED) is 0.899. The average molecular weight is 266 g/mol. The largest absolute Gasteiger partial charge is 0.365 e. The van der Waals surface area contributed by atoms with E-state index in [0.29, 0.717) is 24.3 Å². The van der Waals surface area contributed by atoms with Crippen LogP contribution in [0.2, 0.25) is 0 Å². The number of pyridine rings is 1. The van der Waals surface area contributed by atoms with Crippen molar-refractivity contribution in [3.05, 3.63) is 54.2 Å². The van der Waals surface area contributed by atoms with Crippen LogP contribution in [0.1, 0.15) is 16.8 Å². The summed E-state index contributed by atoms with van der Waals surface area (Å²) in [5.41, 5.74) is 6.60. The van der Waals surface area contributed by atoms with E-state index in [9.17, 15) is 4.79 Å². The normalized spacial score (nSPS) is 9.75. The van der Waals surface area contributed by atoms with Crippen LogP contribution < -0.4 is 10.6 Å². The summed E-state index contributed by atoms with van der Waals surface area (Å²) in [5.74, 6) is -0.0626. The second-order valence-corrected chi connectivity index (χ2v) is 4.13. The third kappa shape index (κ3) is 2.93. The van der Waals surface area contributed by atoms with E-state index in [4.69, 9.17) is 11.0 Å². The van der Waals surface area contributed by atoms with Crippen LogP contribution in [0.5, 0.6) is 0 Å². The molecule has 5 heteroatoms. The molecule has 1 aromatic heterocycles. The Morgan fingerprint density at radius 2 is 2.00 bits per heavy atom. The molecule has 0 spiro atoms. The lowest BCUT2D eigenvalue weighted by Gasteiger charge is -2.24. The monoisotopic (exact) mass is 266 g/mol. The van der Waals surface area contributed by atoms with Crippen molar-refractivity contribution in [1.82, 2.24) is 4.98 Å². The summed E-state index contributed by atoms with van der Waals surface area (Å²) in [6.45, 7) is 0.442. The highest BCUT2D eigenvalue weighted by atomic mass is 16.1. The molecule has 5 nitrogen and oxygen atoms in total. The molecule has 0 fully saturated rings. The Morgan fingerprint density at radius 3 is 2.65 bits per heavy atom. The molecule has 0 radical (unpaired) electrons. The number of benzene rings is 1. The summed E-state index contributed by atoms with van der Waals surface area (Å²) in [7, 11) is 0. The van der Waals surface area contributed by atoms with Gasteiger partial charge in [-0.2, -0.15) is 5.26 Å². The van der Waals surface area contributed by atoms with Crippen LogP contribution in [0.4, 0.5) is 11.5 Å². The molecule has 0 aliphatic rings. The van der Waals surface area contributed by atoms with Gasteiger partial charge in [0.25, 0.3) is 5.91 Å². The molecule has 0 unspecified atom stereocenters. The van der Waals surface area contributed by atoms with E-state index in [1.165, 1.54) is 0 Å². The van der Waals surface area contributed by atoms with Crippen molar-refractivity contribution in [2.45, 2.75) is 6.42 Å². The first-order chi connectivity index (χ1) is 9.74. The highest BCUT2D eigenvalue weighted by Gasteiger charge is 2.17. The van der Waals surface area contributed by atoms with E-state index in [2.05, 4.69) is 11.1 Å². The van der Waals surface area contributed by atoms with Gasteiger partial charge in [-0.25, -0.2) is 4.98 Å². The standard InChI is InChI=1S/C15H14N4O/c16-9-5-11-19(12-6-2-1-3-7-12)15-13(14(17)20)8-4-10-18-15/h1-4,6-8,10H,5,11H2,(H2,17,20). The molecule has 0 atom stereocenters. The molecule has 2 rings (SSSR count). The van der Waals surface area contributed by atoms with Crippen molar-refractivity contribution in [3.8, 4) is 6.07 Å². The van der Waals surface area contributed by atoms with Gasteiger partial charge in [-0.1, -0.05) is 18.2 Å². The van der Waals surface area contributed by atoms with Crippen LogP contribution in [0.25, 0.3) is 0 Å². The van der Waals surface area contributed by atoms with Crippen molar-refractivity contribution < 1.29 is 4.79 Å². The average Bonchev–Trinajstić information content (AvgIpc) is 2.49. The van der Waals surface area contributed by atoms with Crippen molar-refractivity contribution >= 4 is 17.4 Å². The first-order valence-electron chi connectivity index (χ1n) is 6.18. The summed E-state index contributed by atoms with van der Waals surface area (Å²) < 4.78 is 0. The van der Waals surface area contributed by atoms with Gasteiger partial charge in [-0.3, -0.25) is 4.79 Å². The fourth-order valence-corrected chi connectivity index (χ4v) is 1.93. The number of rotatable bonds is 5. The number of carbonyl (C=O) groups is 1. The molecular weight excluding hydrogens is 252 g/mol. The molecule has 0 bridgehead atoms. The van der Waals surface area contributed by atoms with Gasteiger partial charge in [0.15, 0.2) is 0 Å². The van der Waals surface area contributed by atoms with E-state index in [0.717, 1.165) is 5.69 Å². The molecule has 0 aliphatic carbocycles. The van der Waals surface area contributed by atoms with Crippen LogP contribution in [0, 0.1) is 11.3 Å². The number of anilines is 2. The second-order valence-electron chi connectivity index (χ2n) is 4.13. The Hall–Kier alpha value is -2.87. The number of aromatic nitrogens is 1.